The quantitative estimate of drug-likeness (QED) is 0.304. The van der Waals surface area contributed by atoms with Gasteiger partial charge in [0.2, 0.25) is 0 Å². The van der Waals surface area contributed by atoms with Gasteiger partial charge in [0.1, 0.15) is 0 Å². The molecule has 130 valence electrons. The van der Waals surface area contributed by atoms with Gasteiger partial charge in [0.05, 0.1) is 21.6 Å². The lowest BCUT2D eigenvalue weighted by Gasteiger charge is -2.14. The highest BCUT2D eigenvalue weighted by Gasteiger charge is 2.13. The van der Waals surface area contributed by atoms with Crippen LogP contribution in [0.5, 0.6) is 0 Å². The van der Waals surface area contributed by atoms with Crippen molar-refractivity contribution in [1.82, 2.24) is 9.88 Å². The van der Waals surface area contributed by atoms with E-state index in [1.165, 1.54) is 6.07 Å². The number of nitrogens with one attached hydrogen (secondary N) is 1. The number of para-hydroxylation sites is 1. The molecule has 0 unspecified atom stereocenters. The van der Waals surface area contributed by atoms with Crippen LogP contribution >= 0.6 is 0 Å². The number of hydrogen-bond acceptors (Lipinski definition) is 5. The molecule has 6 heteroatoms. The predicted octanol–water partition coefficient (Wildman–Crippen LogP) is 4.05. The van der Waals surface area contributed by atoms with Crippen LogP contribution in [0.2, 0.25) is 0 Å². The van der Waals surface area contributed by atoms with Gasteiger partial charge in [0.25, 0.3) is 5.69 Å². The molecule has 1 N–H and O–H groups in total. The number of hydrogen-bond donors (Lipinski definition) is 1. The zero-order chi connectivity index (χ0) is 17.8. The average molecular weight is 338 g/mol. The molecule has 0 atom stereocenters. The van der Waals surface area contributed by atoms with Gasteiger partial charge in [0, 0.05) is 29.4 Å². The minimum atomic E-state index is -0.366. The molecule has 6 nitrogen and oxygen atoms in total. The van der Waals surface area contributed by atoms with Crippen molar-refractivity contribution < 1.29 is 4.92 Å². The first-order chi connectivity index (χ1) is 12.1. The van der Waals surface area contributed by atoms with Crippen LogP contribution in [-0.2, 0) is 0 Å². The molecule has 1 heterocycles. The second-order valence-corrected chi connectivity index (χ2v) is 6.40. The Labute approximate surface area is 146 Å². The maximum Gasteiger partial charge on any atom is 0.270 e. The number of nitrogens with zero attached hydrogens (tertiary/aromatic N) is 3. The lowest BCUT2D eigenvalue weighted by atomic mass is 10.1. The molecule has 0 saturated carbocycles. The van der Waals surface area contributed by atoms with E-state index < -0.39 is 0 Å². The first kappa shape index (κ1) is 17.1. The Morgan fingerprint density at radius 1 is 1.08 bits per heavy atom. The molecule has 25 heavy (non-hydrogen) atoms. The summed E-state index contributed by atoms with van der Waals surface area (Å²) in [7, 11) is 4.13. The summed E-state index contributed by atoms with van der Waals surface area (Å²) in [6.07, 6.45) is 2.13. The number of nitro groups is 1. The maximum absolute atomic E-state index is 11.1. The van der Waals surface area contributed by atoms with Gasteiger partial charge < -0.3 is 10.2 Å². The van der Waals surface area contributed by atoms with Crippen molar-refractivity contribution in [2.45, 2.75) is 12.8 Å². The van der Waals surface area contributed by atoms with Crippen LogP contribution in [0, 0.1) is 10.1 Å². The number of benzene rings is 2. The number of fused-ring (bicyclic) bond motifs is 2. The molecule has 0 spiro atoms. The third-order valence-electron chi connectivity index (χ3n) is 4.21. The van der Waals surface area contributed by atoms with Crippen molar-refractivity contribution in [3.8, 4) is 0 Å². The first-order valence-electron chi connectivity index (χ1n) is 8.42. The standard InChI is InChI=1S/C19H22N4O2/c1-22(2)12-6-5-11-20-19-15-7-3-4-8-17(15)21-18-10-9-14(23(24)25)13-16(18)19/h3-4,7-10,13H,5-6,11-12H2,1-2H3,(H,20,21). The average Bonchev–Trinajstić information content (AvgIpc) is 2.59. The molecular weight excluding hydrogens is 316 g/mol. The van der Waals surface area contributed by atoms with Crippen molar-refractivity contribution in [3.05, 3.63) is 52.6 Å². The Morgan fingerprint density at radius 2 is 1.84 bits per heavy atom. The molecule has 0 aliphatic heterocycles. The van der Waals surface area contributed by atoms with Crippen LogP contribution < -0.4 is 5.32 Å². The molecular formula is C19H22N4O2. The molecule has 3 rings (SSSR count). The van der Waals surface area contributed by atoms with Gasteiger partial charge in [-0.15, -0.1) is 0 Å². The first-order valence-corrected chi connectivity index (χ1v) is 8.42. The Hall–Kier alpha value is -2.73. The SMILES string of the molecule is CN(C)CCCCNc1c2ccccc2nc2ccc([N+](=O)[O-])cc12. The van der Waals surface area contributed by atoms with Crippen molar-refractivity contribution in [1.29, 1.82) is 0 Å². The predicted molar refractivity (Wildman–Crippen MR) is 102 cm³/mol. The largest absolute Gasteiger partial charge is 0.384 e. The fraction of sp³-hybridized carbons (Fsp3) is 0.316. The van der Waals surface area contributed by atoms with Crippen LogP contribution in [0.4, 0.5) is 11.4 Å². The van der Waals surface area contributed by atoms with E-state index in [4.69, 9.17) is 0 Å². The summed E-state index contributed by atoms with van der Waals surface area (Å²) in [5.41, 5.74) is 2.66. The van der Waals surface area contributed by atoms with E-state index in [0.29, 0.717) is 0 Å². The Morgan fingerprint density at radius 3 is 2.60 bits per heavy atom. The highest BCUT2D eigenvalue weighted by Crippen LogP contribution is 2.32. The maximum atomic E-state index is 11.1. The Balaban J connectivity index is 1.98. The fourth-order valence-corrected chi connectivity index (χ4v) is 2.95. The molecule has 0 saturated heterocycles. The van der Waals surface area contributed by atoms with Crippen LogP contribution in [0.15, 0.2) is 42.5 Å². The summed E-state index contributed by atoms with van der Waals surface area (Å²) >= 11 is 0. The zero-order valence-electron chi connectivity index (χ0n) is 14.5. The van der Waals surface area contributed by atoms with Crippen LogP contribution in [0.3, 0.4) is 0 Å². The van der Waals surface area contributed by atoms with Gasteiger partial charge in [-0.3, -0.25) is 10.1 Å². The highest BCUT2D eigenvalue weighted by atomic mass is 16.6. The van der Waals surface area contributed by atoms with Crippen LogP contribution in [-0.4, -0.2) is 42.0 Å². The normalized spacial score (nSPS) is 11.3. The molecule has 0 aliphatic rings. The zero-order valence-corrected chi connectivity index (χ0v) is 14.5. The topological polar surface area (TPSA) is 71.3 Å². The molecule has 0 aliphatic carbocycles. The van der Waals surface area contributed by atoms with Crippen molar-refractivity contribution in [2.75, 3.05) is 32.5 Å². The van der Waals surface area contributed by atoms with Crippen LogP contribution in [0.25, 0.3) is 21.8 Å². The van der Waals surface area contributed by atoms with Gasteiger partial charge in [0.15, 0.2) is 0 Å². The summed E-state index contributed by atoms with van der Waals surface area (Å²) in [4.78, 5) is 17.6. The number of nitro benzene ring substituents is 1. The van der Waals surface area contributed by atoms with Gasteiger partial charge in [-0.25, -0.2) is 4.98 Å². The Kier molecular flexibility index (Phi) is 5.09. The summed E-state index contributed by atoms with van der Waals surface area (Å²) in [6.45, 7) is 1.87. The molecule has 0 amide bonds. The summed E-state index contributed by atoms with van der Waals surface area (Å²) in [6, 6.07) is 12.7. The van der Waals surface area contributed by atoms with E-state index in [2.05, 4.69) is 29.3 Å². The second-order valence-electron chi connectivity index (χ2n) is 6.40. The monoisotopic (exact) mass is 338 g/mol. The smallest absolute Gasteiger partial charge is 0.270 e. The molecule has 1 aromatic heterocycles. The van der Waals surface area contributed by atoms with E-state index in [9.17, 15) is 10.1 Å². The van der Waals surface area contributed by atoms with E-state index in [-0.39, 0.29) is 10.6 Å². The Bertz CT molecular complexity index is 908. The number of rotatable bonds is 7. The van der Waals surface area contributed by atoms with Crippen LogP contribution in [0.1, 0.15) is 12.8 Å². The van der Waals surface area contributed by atoms with E-state index >= 15 is 0 Å². The third kappa shape index (κ3) is 3.85. The van der Waals surface area contributed by atoms with E-state index in [1.54, 1.807) is 12.1 Å². The lowest BCUT2D eigenvalue weighted by Crippen LogP contribution is -2.14. The van der Waals surface area contributed by atoms with Gasteiger partial charge in [-0.2, -0.15) is 0 Å². The summed E-state index contributed by atoms with van der Waals surface area (Å²) in [5.74, 6) is 0. The fourth-order valence-electron chi connectivity index (χ4n) is 2.95. The molecule has 0 radical (unpaired) electrons. The van der Waals surface area contributed by atoms with Gasteiger partial charge in [-0.05, 0) is 45.6 Å². The second kappa shape index (κ2) is 7.44. The van der Waals surface area contributed by atoms with E-state index in [1.807, 2.05) is 24.3 Å². The molecule has 0 bridgehead atoms. The van der Waals surface area contributed by atoms with E-state index in [0.717, 1.165) is 53.4 Å². The minimum absolute atomic E-state index is 0.0836. The molecule has 0 fully saturated rings. The highest BCUT2D eigenvalue weighted by molar-refractivity contribution is 6.07. The summed E-state index contributed by atoms with van der Waals surface area (Å²) < 4.78 is 0. The lowest BCUT2D eigenvalue weighted by molar-refractivity contribution is -0.384. The number of pyridine rings is 1. The summed E-state index contributed by atoms with van der Waals surface area (Å²) in [5, 5.41) is 16.4. The number of non-ortho nitro benzene ring substituents is 1. The third-order valence-corrected chi connectivity index (χ3v) is 4.21. The van der Waals surface area contributed by atoms with Gasteiger partial charge in [-0.1, -0.05) is 18.2 Å². The molecule has 2 aromatic carbocycles. The number of anilines is 1. The van der Waals surface area contributed by atoms with Crippen molar-refractivity contribution in [3.63, 3.8) is 0 Å². The number of unbranched alkanes of at least 4 members (excludes halogenated alkanes) is 1. The number of aromatic nitrogens is 1. The minimum Gasteiger partial charge on any atom is -0.384 e. The van der Waals surface area contributed by atoms with Crippen molar-refractivity contribution >= 4 is 33.2 Å². The van der Waals surface area contributed by atoms with Gasteiger partial charge >= 0.3 is 0 Å². The van der Waals surface area contributed by atoms with Crippen molar-refractivity contribution in [2.24, 2.45) is 0 Å². The molecule has 3 aromatic rings.